The third-order valence-corrected chi connectivity index (χ3v) is 6.84. The van der Waals surface area contributed by atoms with Crippen molar-refractivity contribution in [3.63, 3.8) is 0 Å². The lowest BCUT2D eigenvalue weighted by atomic mass is 10.1. The Labute approximate surface area is 308 Å². The van der Waals surface area contributed by atoms with Gasteiger partial charge >= 0.3 is 6.09 Å². The number of nitrogens with one attached hydrogen (secondary N) is 4. The molecule has 1 aliphatic heterocycles. The highest BCUT2D eigenvalue weighted by Gasteiger charge is 2.08. The SMILES string of the molecule is C1CCCC1.CC.CCCNC(=O)O.CI.O=C(Cc1ccc(OCCOCCOCCOCCN2CCNCC2)cc1)Nc1ccn[nH]1. The highest BCUT2D eigenvalue weighted by Crippen LogP contribution is 2.15. The van der Waals surface area contributed by atoms with Crippen LogP contribution in [0.3, 0.4) is 0 Å². The first kappa shape index (κ1) is 46.5. The molecule has 2 amide bonds. The average Bonchev–Trinajstić information content (AvgIpc) is 3.89. The molecule has 4 rings (SSSR count). The molecule has 0 unspecified atom stereocenters. The molecule has 1 aromatic carbocycles. The lowest BCUT2D eigenvalue weighted by Gasteiger charge is -2.26. The van der Waals surface area contributed by atoms with Crippen LogP contribution in [0.1, 0.15) is 64.9 Å². The van der Waals surface area contributed by atoms with Gasteiger partial charge in [-0.05, 0) is 29.0 Å². The largest absolute Gasteiger partial charge is 0.491 e. The molecule has 1 saturated heterocycles. The second kappa shape index (κ2) is 35.3. The molecule has 0 bridgehead atoms. The average molecular weight is 807 g/mol. The third kappa shape index (κ3) is 29.0. The minimum absolute atomic E-state index is 0.106. The van der Waals surface area contributed by atoms with E-state index in [1.807, 2.05) is 50.0 Å². The van der Waals surface area contributed by atoms with Gasteiger partial charge in [-0.1, -0.05) is 87.6 Å². The van der Waals surface area contributed by atoms with Gasteiger partial charge in [0, 0.05) is 45.3 Å². The van der Waals surface area contributed by atoms with Crippen molar-refractivity contribution in [2.45, 2.75) is 65.7 Å². The van der Waals surface area contributed by atoms with Crippen LogP contribution in [0.15, 0.2) is 36.5 Å². The molecule has 2 heterocycles. The number of ether oxygens (including phenoxy) is 4. The summed E-state index contributed by atoms with van der Waals surface area (Å²) in [4.78, 5) is 26.0. The predicted molar refractivity (Wildman–Crippen MR) is 205 cm³/mol. The molecule has 0 atom stereocenters. The van der Waals surface area contributed by atoms with Gasteiger partial charge in [-0.25, -0.2) is 4.79 Å². The smallest absolute Gasteiger partial charge is 0.404 e. The number of halogens is 1. The van der Waals surface area contributed by atoms with E-state index in [0.717, 1.165) is 57.1 Å². The maximum absolute atomic E-state index is 12.0. The number of aromatic nitrogens is 2. The van der Waals surface area contributed by atoms with E-state index < -0.39 is 6.09 Å². The number of alkyl halides is 1. The van der Waals surface area contributed by atoms with Crippen LogP contribution in [0.5, 0.6) is 5.75 Å². The van der Waals surface area contributed by atoms with E-state index >= 15 is 0 Å². The molecule has 0 radical (unpaired) electrons. The van der Waals surface area contributed by atoms with Crippen LogP contribution in [0.25, 0.3) is 0 Å². The van der Waals surface area contributed by atoms with Gasteiger partial charge in [0.05, 0.1) is 52.3 Å². The highest BCUT2D eigenvalue weighted by atomic mass is 127. The van der Waals surface area contributed by atoms with Crippen LogP contribution in [0.4, 0.5) is 10.6 Å². The second-order valence-corrected chi connectivity index (χ2v) is 10.6. The monoisotopic (exact) mass is 806 g/mol. The summed E-state index contributed by atoms with van der Waals surface area (Å²) < 4.78 is 22.3. The van der Waals surface area contributed by atoms with Crippen molar-refractivity contribution in [3.05, 3.63) is 42.1 Å². The van der Waals surface area contributed by atoms with E-state index in [1.165, 1.54) is 32.1 Å². The number of amides is 2. The predicted octanol–water partition coefficient (Wildman–Crippen LogP) is 5.62. The van der Waals surface area contributed by atoms with E-state index in [9.17, 15) is 9.59 Å². The number of rotatable bonds is 18. The fraction of sp³-hybridized carbons (Fsp3) is 0.686. The van der Waals surface area contributed by atoms with E-state index in [2.05, 4.69) is 53.6 Å². The van der Waals surface area contributed by atoms with E-state index in [0.29, 0.717) is 52.0 Å². The molecule has 2 aromatic rings. The number of carbonyl (C=O) groups excluding carboxylic acids is 1. The molecule has 0 spiro atoms. The normalized spacial score (nSPS) is 13.5. The summed E-state index contributed by atoms with van der Waals surface area (Å²) in [5, 5.41) is 22.7. The summed E-state index contributed by atoms with van der Waals surface area (Å²) >= 11 is 2.15. The number of aromatic amines is 1. The number of hydrogen-bond donors (Lipinski definition) is 5. The molecule has 13 nitrogen and oxygen atoms in total. The molecule has 14 heteroatoms. The molecular formula is C35H63IN6O7. The number of H-pyrrole nitrogens is 1. The summed E-state index contributed by atoms with van der Waals surface area (Å²) in [5.74, 6) is 1.22. The summed E-state index contributed by atoms with van der Waals surface area (Å²) in [7, 11) is 0. The van der Waals surface area contributed by atoms with Crippen LogP contribution < -0.4 is 20.7 Å². The van der Waals surface area contributed by atoms with Gasteiger partial charge in [0.25, 0.3) is 0 Å². The van der Waals surface area contributed by atoms with E-state index in [4.69, 9.17) is 24.1 Å². The van der Waals surface area contributed by atoms with Crippen molar-refractivity contribution in [1.82, 2.24) is 25.7 Å². The lowest BCUT2D eigenvalue weighted by Crippen LogP contribution is -2.44. The number of benzene rings is 1. The Kier molecular flexibility index (Phi) is 33.5. The summed E-state index contributed by atoms with van der Waals surface area (Å²) in [5.41, 5.74) is 0.903. The van der Waals surface area contributed by atoms with Gasteiger partial charge < -0.3 is 40.0 Å². The Bertz CT molecular complexity index is 985. The van der Waals surface area contributed by atoms with Gasteiger partial charge in [-0.15, -0.1) is 0 Å². The van der Waals surface area contributed by atoms with Gasteiger partial charge in [0.2, 0.25) is 5.91 Å². The van der Waals surface area contributed by atoms with Crippen molar-refractivity contribution >= 4 is 40.4 Å². The number of carboxylic acid groups (broad SMARTS) is 1. The van der Waals surface area contributed by atoms with Crippen LogP contribution >= 0.6 is 22.6 Å². The number of nitrogens with zero attached hydrogens (tertiary/aromatic N) is 2. The minimum atomic E-state index is -0.943. The quantitative estimate of drug-likeness (QED) is 0.0728. The molecule has 2 aliphatic rings. The Balaban J connectivity index is 0.00000119. The van der Waals surface area contributed by atoms with E-state index in [-0.39, 0.29) is 12.3 Å². The second-order valence-electron chi connectivity index (χ2n) is 10.6. The Morgan fingerprint density at radius 2 is 1.41 bits per heavy atom. The van der Waals surface area contributed by atoms with Crippen molar-refractivity contribution in [3.8, 4) is 5.75 Å². The summed E-state index contributed by atoms with van der Waals surface area (Å²) in [6.07, 6.45) is 9.28. The number of anilines is 1. The maximum atomic E-state index is 12.0. The molecule has 2 fully saturated rings. The van der Waals surface area contributed by atoms with Gasteiger partial charge in [0.1, 0.15) is 18.2 Å². The number of hydrogen-bond acceptors (Lipinski definition) is 9. The highest BCUT2D eigenvalue weighted by molar-refractivity contribution is 14.1. The van der Waals surface area contributed by atoms with Crippen molar-refractivity contribution in [2.75, 3.05) is 95.8 Å². The standard InChI is InChI=1S/C23H35N5O5.C5H10.C4H9NO2.C2H6.CH3I/c29-23(26-22-5-6-25-27-22)19-20-1-3-21(4-2-20)33-18-17-32-16-15-31-14-13-30-12-11-28-9-7-24-8-10-28;1-2-4-5-3-1;1-2-3-5-4(6)7;2*1-2/h1-6,24H,7-19H2,(H2,25,26,27,29);1-5H2;5H,2-3H2,1H3,(H,6,7);1-2H3;1H3. The summed E-state index contributed by atoms with van der Waals surface area (Å²) in [6, 6.07) is 9.16. The Morgan fingerprint density at radius 3 is 1.90 bits per heavy atom. The fourth-order valence-electron chi connectivity index (χ4n) is 4.41. The van der Waals surface area contributed by atoms with Gasteiger partial charge in [-0.2, -0.15) is 5.10 Å². The first-order chi connectivity index (χ1) is 24.1. The van der Waals surface area contributed by atoms with Gasteiger partial charge in [0.15, 0.2) is 0 Å². The molecule has 282 valence electrons. The maximum Gasteiger partial charge on any atom is 0.404 e. The van der Waals surface area contributed by atoms with Crippen LogP contribution in [0, 0.1) is 0 Å². The van der Waals surface area contributed by atoms with Crippen LogP contribution in [0.2, 0.25) is 0 Å². The van der Waals surface area contributed by atoms with Crippen molar-refractivity contribution < 1.29 is 33.6 Å². The zero-order chi connectivity index (χ0) is 36.2. The number of piperazine rings is 1. The Morgan fingerprint density at radius 1 is 0.857 bits per heavy atom. The molecule has 1 aliphatic carbocycles. The van der Waals surface area contributed by atoms with Gasteiger partial charge in [-0.3, -0.25) is 14.8 Å². The fourth-order valence-corrected chi connectivity index (χ4v) is 4.41. The Hall–Kier alpha value is -2.50. The molecule has 49 heavy (non-hydrogen) atoms. The van der Waals surface area contributed by atoms with Crippen molar-refractivity contribution in [2.24, 2.45) is 0 Å². The molecule has 5 N–H and O–H groups in total. The lowest BCUT2D eigenvalue weighted by molar-refractivity contribution is -0.115. The zero-order valence-corrected chi connectivity index (χ0v) is 32.4. The molecule has 1 aromatic heterocycles. The number of carbonyl (C=O) groups is 2. The molecular weight excluding hydrogens is 743 g/mol. The van der Waals surface area contributed by atoms with Crippen LogP contribution in [-0.4, -0.2) is 123 Å². The first-order valence-corrected chi connectivity index (χ1v) is 19.7. The van der Waals surface area contributed by atoms with E-state index in [1.54, 1.807) is 12.3 Å². The minimum Gasteiger partial charge on any atom is -0.491 e. The zero-order valence-electron chi connectivity index (χ0n) is 30.3. The summed E-state index contributed by atoms with van der Waals surface area (Å²) in [6.45, 7) is 15.7. The first-order valence-electron chi connectivity index (χ1n) is 17.6. The third-order valence-electron chi connectivity index (χ3n) is 6.84. The van der Waals surface area contributed by atoms with Crippen molar-refractivity contribution in [1.29, 1.82) is 0 Å². The molecule has 1 saturated carbocycles. The van der Waals surface area contributed by atoms with Crippen LogP contribution in [-0.2, 0) is 25.4 Å². The topological polar surface area (TPSA) is 159 Å².